The fraction of sp³-hybridized carbons (Fsp3) is 0.188. The van der Waals surface area contributed by atoms with Gasteiger partial charge in [-0.25, -0.2) is 0 Å². The van der Waals surface area contributed by atoms with Crippen molar-refractivity contribution in [3.63, 3.8) is 0 Å². The third-order valence-electron chi connectivity index (χ3n) is 2.92. The molecule has 0 heterocycles. The van der Waals surface area contributed by atoms with Gasteiger partial charge in [-0.15, -0.1) is 0 Å². The number of nitrogens with one attached hydrogen (secondary N) is 1. The Kier molecular flexibility index (Phi) is 4.79. The molecule has 2 radical (unpaired) electrons. The molecule has 2 aromatic carbocycles. The van der Waals surface area contributed by atoms with Crippen molar-refractivity contribution in [2.24, 2.45) is 0 Å². The highest BCUT2D eigenvalue weighted by molar-refractivity contribution is 6.32. The predicted octanol–water partition coefficient (Wildman–Crippen LogP) is 1.84. The minimum Gasteiger partial charge on any atom is -0.352 e. The number of benzene rings is 2. The molecule has 0 saturated carbocycles. The Morgan fingerprint density at radius 1 is 1.05 bits per heavy atom. The second kappa shape index (κ2) is 6.79. The maximum absolute atomic E-state index is 11.8. The first-order valence-corrected chi connectivity index (χ1v) is 6.43. The molecule has 0 fully saturated rings. The molecule has 0 unspecified atom stereocenters. The van der Waals surface area contributed by atoms with Gasteiger partial charge < -0.3 is 5.32 Å². The Hall–Kier alpha value is -2.03. The average molecular weight is 249 g/mol. The van der Waals surface area contributed by atoms with Gasteiger partial charge in [0.05, 0.1) is 0 Å². The van der Waals surface area contributed by atoms with Gasteiger partial charge in [-0.1, -0.05) is 54.0 Å². The molecule has 2 rings (SSSR count). The Bertz CT molecular complexity index is 539. The summed E-state index contributed by atoms with van der Waals surface area (Å²) in [5, 5.41) is 2.90. The molecule has 1 amide bonds. The van der Waals surface area contributed by atoms with Crippen LogP contribution in [0.4, 0.5) is 0 Å². The van der Waals surface area contributed by atoms with Gasteiger partial charge in [0.25, 0.3) is 5.91 Å². The van der Waals surface area contributed by atoms with Crippen LogP contribution in [0.15, 0.2) is 54.6 Å². The van der Waals surface area contributed by atoms with Crippen LogP contribution in [0.1, 0.15) is 22.3 Å². The lowest BCUT2D eigenvalue weighted by atomic mass is 9.94. The summed E-state index contributed by atoms with van der Waals surface area (Å²) in [5.41, 5.74) is 2.51. The Labute approximate surface area is 115 Å². The van der Waals surface area contributed by atoms with E-state index in [1.165, 1.54) is 5.56 Å². The Morgan fingerprint density at radius 3 is 2.58 bits per heavy atom. The molecule has 0 aromatic heterocycles. The van der Waals surface area contributed by atoms with Crippen molar-refractivity contribution in [2.45, 2.75) is 12.8 Å². The van der Waals surface area contributed by atoms with Crippen LogP contribution in [0.2, 0.25) is 0 Å². The largest absolute Gasteiger partial charge is 0.352 e. The first-order valence-electron chi connectivity index (χ1n) is 6.43. The van der Waals surface area contributed by atoms with Gasteiger partial charge in [0, 0.05) is 12.1 Å². The molecule has 0 atom stereocenters. The SMILES string of the molecule is [B]c1cccc(C(=O)NCCCc2ccccc2)c1. The normalized spacial score (nSPS) is 10.1. The third-order valence-corrected chi connectivity index (χ3v) is 2.92. The van der Waals surface area contributed by atoms with Crippen molar-refractivity contribution in [2.75, 3.05) is 6.54 Å². The first-order chi connectivity index (χ1) is 9.25. The molecule has 0 spiro atoms. The van der Waals surface area contributed by atoms with Crippen molar-refractivity contribution >= 4 is 19.2 Å². The van der Waals surface area contributed by atoms with E-state index in [0.29, 0.717) is 17.6 Å². The second-order valence-corrected chi connectivity index (χ2v) is 4.47. The van der Waals surface area contributed by atoms with E-state index in [1.807, 2.05) is 18.2 Å². The summed E-state index contributed by atoms with van der Waals surface area (Å²) in [4.78, 5) is 11.8. The van der Waals surface area contributed by atoms with E-state index < -0.39 is 0 Å². The fourth-order valence-electron chi connectivity index (χ4n) is 1.92. The first kappa shape index (κ1) is 13.4. The van der Waals surface area contributed by atoms with Crippen LogP contribution in [0, 0.1) is 0 Å². The van der Waals surface area contributed by atoms with Crippen LogP contribution in [0.5, 0.6) is 0 Å². The maximum atomic E-state index is 11.8. The van der Waals surface area contributed by atoms with Crippen LogP contribution in [-0.4, -0.2) is 20.3 Å². The summed E-state index contributed by atoms with van der Waals surface area (Å²) in [6, 6.07) is 17.3. The van der Waals surface area contributed by atoms with Crippen molar-refractivity contribution in [3.05, 3.63) is 65.7 Å². The van der Waals surface area contributed by atoms with Crippen LogP contribution in [0.3, 0.4) is 0 Å². The lowest BCUT2D eigenvalue weighted by Gasteiger charge is -2.06. The number of amides is 1. The van der Waals surface area contributed by atoms with Gasteiger partial charge in [0.2, 0.25) is 0 Å². The van der Waals surface area contributed by atoms with Crippen LogP contribution in [0.25, 0.3) is 0 Å². The van der Waals surface area contributed by atoms with Gasteiger partial charge >= 0.3 is 0 Å². The Morgan fingerprint density at radius 2 is 1.84 bits per heavy atom. The highest BCUT2D eigenvalue weighted by atomic mass is 16.1. The number of rotatable bonds is 5. The smallest absolute Gasteiger partial charge is 0.251 e. The molecule has 3 heteroatoms. The van der Waals surface area contributed by atoms with Crippen molar-refractivity contribution in [3.8, 4) is 0 Å². The van der Waals surface area contributed by atoms with E-state index in [1.54, 1.807) is 24.3 Å². The lowest BCUT2D eigenvalue weighted by molar-refractivity contribution is 0.0953. The summed E-state index contributed by atoms with van der Waals surface area (Å²) in [6.07, 6.45) is 1.90. The van der Waals surface area contributed by atoms with E-state index in [-0.39, 0.29) is 5.91 Å². The molecular formula is C16H16BNO. The monoisotopic (exact) mass is 249 g/mol. The Balaban J connectivity index is 1.75. The number of aryl methyl sites for hydroxylation is 1. The number of carbonyl (C=O) groups excluding carboxylic acids is 1. The van der Waals surface area contributed by atoms with Gasteiger partial charge in [-0.2, -0.15) is 0 Å². The summed E-state index contributed by atoms with van der Waals surface area (Å²) in [7, 11) is 5.65. The summed E-state index contributed by atoms with van der Waals surface area (Å²) >= 11 is 0. The quantitative estimate of drug-likeness (QED) is 0.635. The third kappa shape index (κ3) is 4.29. The molecule has 1 N–H and O–H groups in total. The molecule has 19 heavy (non-hydrogen) atoms. The molecule has 0 saturated heterocycles. The zero-order valence-corrected chi connectivity index (χ0v) is 10.8. The summed E-state index contributed by atoms with van der Waals surface area (Å²) in [5.74, 6) is -0.0691. The fourth-order valence-corrected chi connectivity index (χ4v) is 1.92. The van der Waals surface area contributed by atoms with E-state index in [0.717, 1.165) is 12.8 Å². The average Bonchev–Trinajstić information content (AvgIpc) is 2.44. The molecule has 0 aliphatic carbocycles. The maximum Gasteiger partial charge on any atom is 0.251 e. The van der Waals surface area contributed by atoms with Crippen molar-refractivity contribution < 1.29 is 4.79 Å². The van der Waals surface area contributed by atoms with Crippen LogP contribution >= 0.6 is 0 Å². The highest BCUT2D eigenvalue weighted by Crippen LogP contribution is 2.02. The number of carbonyl (C=O) groups is 1. The predicted molar refractivity (Wildman–Crippen MR) is 78.9 cm³/mol. The number of hydrogen-bond donors (Lipinski definition) is 1. The van der Waals surface area contributed by atoms with Crippen molar-refractivity contribution in [1.82, 2.24) is 5.32 Å². The molecule has 94 valence electrons. The van der Waals surface area contributed by atoms with E-state index >= 15 is 0 Å². The van der Waals surface area contributed by atoms with Gasteiger partial charge in [-0.3, -0.25) is 4.79 Å². The van der Waals surface area contributed by atoms with E-state index in [9.17, 15) is 4.79 Å². The molecule has 0 bridgehead atoms. The van der Waals surface area contributed by atoms with Crippen LogP contribution in [-0.2, 0) is 6.42 Å². The highest BCUT2D eigenvalue weighted by Gasteiger charge is 2.03. The second-order valence-electron chi connectivity index (χ2n) is 4.47. The topological polar surface area (TPSA) is 29.1 Å². The van der Waals surface area contributed by atoms with Gasteiger partial charge in [0.1, 0.15) is 7.85 Å². The minimum atomic E-state index is -0.0691. The van der Waals surface area contributed by atoms with E-state index in [2.05, 4.69) is 17.4 Å². The van der Waals surface area contributed by atoms with Crippen molar-refractivity contribution in [1.29, 1.82) is 0 Å². The van der Waals surface area contributed by atoms with Gasteiger partial charge in [0.15, 0.2) is 0 Å². The van der Waals surface area contributed by atoms with E-state index in [4.69, 9.17) is 7.85 Å². The molecular weight excluding hydrogens is 233 g/mol. The molecule has 2 nitrogen and oxygen atoms in total. The zero-order chi connectivity index (χ0) is 13.5. The molecule has 0 aliphatic rings. The van der Waals surface area contributed by atoms with Crippen LogP contribution < -0.4 is 10.8 Å². The summed E-state index contributed by atoms with van der Waals surface area (Å²) < 4.78 is 0. The molecule has 0 aliphatic heterocycles. The number of hydrogen-bond acceptors (Lipinski definition) is 1. The molecule has 2 aromatic rings. The lowest BCUT2D eigenvalue weighted by Crippen LogP contribution is -2.25. The minimum absolute atomic E-state index is 0.0691. The standard InChI is InChI=1S/C16H16BNO/c17-15-10-4-9-14(12-15)16(19)18-11-5-8-13-6-2-1-3-7-13/h1-4,6-7,9-10,12H,5,8,11H2,(H,18,19). The van der Waals surface area contributed by atoms with Gasteiger partial charge in [-0.05, 0) is 24.5 Å². The summed E-state index contributed by atoms with van der Waals surface area (Å²) in [6.45, 7) is 0.669. The zero-order valence-electron chi connectivity index (χ0n) is 10.8.